The van der Waals surface area contributed by atoms with Crippen LogP contribution in [0.5, 0.6) is 0 Å². The van der Waals surface area contributed by atoms with Crippen LogP contribution >= 0.6 is 0 Å². The first-order valence-corrected chi connectivity index (χ1v) is 6.52. The van der Waals surface area contributed by atoms with E-state index in [0.717, 1.165) is 0 Å². The van der Waals surface area contributed by atoms with E-state index in [4.69, 9.17) is 0 Å². The topological polar surface area (TPSA) is 29.1 Å². The monoisotopic (exact) mass is 247 g/mol. The van der Waals surface area contributed by atoms with Crippen molar-refractivity contribution >= 4 is 5.78 Å². The fourth-order valence-corrected chi connectivity index (χ4v) is 2.11. The molecule has 0 amide bonds. The Kier molecular flexibility index (Phi) is 4.69. The maximum absolute atomic E-state index is 12.0. The molecule has 0 saturated carbocycles. The maximum Gasteiger partial charge on any atom is 0.151 e. The molecule has 0 aliphatic rings. The third-order valence-corrected chi connectivity index (χ3v) is 3.03. The fraction of sp³-hybridized carbons (Fsp3) is 0.562. The van der Waals surface area contributed by atoms with E-state index in [9.17, 15) is 4.79 Å². The van der Waals surface area contributed by atoms with Crippen LogP contribution in [0.3, 0.4) is 0 Å². The molecule has 1 aromatic rings. The van der Waals surface area contributed by atoms with Gasteiger partial charge in [0.1, 0.15) is 0 Å². The van der Waals surface area contributed by atoms with Crippen LogP contribution in [0.15, 0.2) is 12.1 Å². The van der Waals surface area contributed by atoms with Crippen molar-refractivity contribution in [1.82, 2.24) is 5.32 Å². The molecule has 1 N–H and O–H groups in total. The molecule has 0 saturated heterocycles. The Morgan fingerprint density at radius 1 is 1.11 bits per heavy atom. The Labute approximate surface area is 111 Å². The van der Waals surface area contributed by atoms with Crippen LogP contribution in [0.2, 0.25) is 0 Å². The highest BCUT2D eigenvalue weighted by molar-refractivity contribution is 5.83. The predicted molar refractivity (Wildman–Crippen MR) is 77.1 cm³/mol. The van der Waals surface area contributed by atoms with Crippen molar-refractivity contribution in [2.24, 2.45) is 0 Å². The van der Waals surface area contributed by atoms with Gasteiger partial charge in [-0.05, 0) is 58.2 Å². The number of benzene rings is 1. The van der Waals surface area contributed by atoms with Crippen molar-refractivity contribution in [1.29, 1.82) is 0 Å². The number of aryl methyl sites for hydroxylation is 3. The summed E-state index contributed by atoms with van der Waals surface area (Å²) in [4.78, 5) is 12.0. The summed E-state index contributed by atoms with van der Waals surface area (Å²) >= 11 is 0. The lowest BCUT2D eigenvalue weighted by Crippen LogP contribution is -2.39. The number of hydrogen-bond donors (Lipinski definition) is 1. The fourth-order valence-electron chi connectivity index (χ4n) is 2.11. The molecule has 0 aliphatic heterocycles. The van der Waals surface area contributed by atoms with Gasteiger partial charge in [0.25, 0.3) is 0 Å². The normalized spacial score (nSPS) is 11.7. The van der Waals surface area contributed by atoms with Crippen molar-refractivity contribution in [3.8, 4) is 0 Å². The van der Waals surface area contributed by atoms with Crippen LogP contribution in [-0.4, -0.2) is 17.9 Å². The van der Waals surface area contributed by atoms with Gasteiger partial charge in [0.05, 0.1) is 6.54 Å². The lowest BCUT2D eigenvalue weighted by atomic mass is 9.95. The quantitative estimate of drug-likeness (QED) is 0.885. The van der Waals surface area contributed by atoms with Gasteiger partial charge in [-0.3, -0.25) is 4.79 Å². The van der Waals surface area contributed by atoms with Crippen LogP contribution < -0.4 is 5.32 Å². The molecule has 0 atom stereocenters. The molecule has 2 nitrogen and oxygen atoms in total. The summed E-state index contributed by atoms with van der Waals surface area (Å²) in [5, 5.41) is 3.24. The summed E-state index contributed by atoms with van der Waals surface area (Å²) in [7, 11) is 0. The van der Waals surface area contributed by atoms with Crippen molar-refractivity contribution in [3.63, 3.8) is 0 Å². The van der Waals surface area contributed by atoms with Gasteiger partial charge in [-0.25, -0.2) is 0 Å². The van der Waals surface area contributed by atoms with Gasteiger partial charge < -0.3 is 5.32 Å². The average Bonchev–Trinajstić information content (AvgIpc) is 2.19. The average molecular weight is 247 g/mol. The van der Waals surface area contributed by atoms with Gasteiger partial charge in [0.15, 0.2) is 5.78 Å². The van der Waals surface area contributed by atoms with Crippen LogP contribution in [0.1, 0.15) is 43.0 Å². The maximum atomic E-state index is 12.0. The van der Waals surface area contributed by atoms with Crippen molar-refractivity contribution in [2.75, 3.05) is 6.54 Å². The molecule has 0 heterocycles. The largest absolute Gasteiger partial charge is 0.305 e. The minimum atomic E-state index is -0.00692. The molecule has 18 heavy (non-hydrogen) atoms. The smallest absolute Gasteiger partial charge is 0.151 e. The minimum absolute atomic E-state index is 0.00692. The summed E-state index contributed by atoms with van der Waals surface area (Å²) in [6, 6.07) is 4.29. The molecule has 0 aliphatic carbocycles. The van der Waals surface area contributed by atoms with E-state index in [-0.39, 0.29) is 11.3 Å². The van der Waals surface area contributed by atoms with Crippen LogP contribution in [-0.2, 0) is 11.2 Å². The van der Waals surface area contributed by atoms with E-state index in [0.29, 0.717) is 13.0 Å². The van der Waals surface area contributed by atoms with Gasteiger partial charge in [0, 0.05) is 12.0 Å². The number of rotatable bonds is 4. The summed E-state index contributed by atoms with van der Waals surface area (Å²) in [6.07, 6.45) is 0.529. The van der Waals surface area contributed by atoms with E-state index in [2.05, 4.69) is 59.0 Å². The molecule has 0 spiro atoms. The highest BCUT2D eigenvalue weighted by Gasteiger charge is 2.13. The van der Waals surface area contributed by atoms with Crippen LogP contribution in [0, 0.1) is 20.8 Å². The van der Waals surface area contributed by atoms with E-state index >= 15 is 0 Å². The molecule has 0 bridgehead atoms. The lowest BCUT2D eigenvalue weighted by molar-refractivity contribution is -0.117. The molecule has 1 aromatic carbocycles. The van der Waals surface area contributed by atoms with Crippen LogP contribution in [0.4, 0.5) is 0 Å². The summed E-state index contributed by atoms with van der Waals surface area (Å²) in [6.45, 7) is 12.9. The third kappa shape index (κ3) is 4.61. The molecular weight excluding hydrogens is 222 g/mol. The molecule has 1 rings (SSSR count). The van der Waals surface area contributed by atoms with Gasteiger partial charge in [-0.15, -0.1) is 0 Å². The second-order valence-electron chi connectivity index (χ2n) is 6.20. The van der Waals surface area contributed by atoms with Gasteiger partial charge in [-0.2, -0.15) is 0 Å². The number of carbonyl (C=O) groups excluding carboxylic acids is 1. The number of Topliss-reactive ketones (excluding diaryl/α,β-unsaturated/α-hetero) is 1. The van der Waals surface area contributed by atoms with E-state index < -0.39 is 0 Å². The first kappa shape index (κ1) is 14.9. The number of ketones is 1. The molecule has 100 valence electrons. The van der Waals surface area contributed by atoms with Crippen molar-refractivity contribution in [3.05, 3.63) is 34.4 Å². The highest BCUT2D eigenvalue weighted by Crippen LogP contribution is 2.17. The summed E-state index contributed by atoms with van der Waals surface area (Å²) < 4.78 is 0. The second kappa shape index (κ2) is 5.66. The molecule has 0 radical (unpaired) electrons. The summed E-state index contributed by atoms with van der Waals surface area (Å²) in [5.41, 5.74) is 4.87. The zero-order valence-corrected chi connectivity index (χ0v) is 12.5. The molecular formula is C16H25NO. The van der Waals surface area contributed by atoms with E-state index in [1.165, 1.54) is 22.3 Å². The summed E-state index contributed by atoms with van der Waals surface area (Å²) in [5.74, 6) is 0.250. The zero-order valence-electron chi connectivity index (χ0n) is 12.5. The van der Waals surface area contributed by atoms with Crippen molar-refractivity contribution < 1.29 is 4.79 Å². The van der Waals surface area contributed by atoms with Crippen LogP contribution in [0.25, 0.3) is 0 Å². The third-order valence-electron chi connectivity index (χ3n) is 3.03. The zero-order chi connectivity index (χ0) is 13.9. The number of carbonyl (C=O) groups is 1. The standard InChI is InChI=1S/C16H25NO/c1-11-7-12(2)15(13(3)8-11)9-14(18)10-17-16(4,5)6/h7-8,17H,9-10H2,1-6H3. The van der Waals surface area contributed by atoms with Gasteiger partial charge in [0.2, 0.25) is 0 Å². The SMILES string of the molecule is Cc1cc(C)c(CC(=O)CNC(C)(C)C)c(C)c1. The Hall–Kier alpha value is -1.15. The van der Waals surface area contributed by atoms with Gasteiger partial charge >= 0.3 is 0 Å². The van der Waals surface area contributed by atoms with E-state index in [1.54, 1.807) is 0 Å². The van der Waals surface area contributed by atoms with Crippen molar-refractivity contribution in [2.45, 2.75) is 53.5 Å². The Bertz CT molecular complexity index is 418. The Morgan fingerprint density at radius 3 is 2.06 bits per heavy atom. The van der Waals surface area contributed by atoms with Gasteiger partial charge in [-0.1, -0.05) is 17.7 Å². The number of hydrogen-bond acceptors (Lipinski definition) is 2. The Balaban J connectivity index is 2.71. The lowest BCUT2D eigenvalue weighted by Gasteiger charge is -2.20. The molecule has 0 aromatic heterocycles. The minimum Gasteiger partial charge on any atom is -0.305 e. The molecule has 0 unspecified atom stereocenters. The molecule has 2 heteroatoms. The predicted octanol–water partition coefficient (Wildman–Crippen LogP) is 3.11. The molecule has 0 fully saturated rings. The second-order valence-corrected chi connectivity index (χ2v) is 6.20. The van der Waals surface area contributed by atoms with E-state index in [1.807, 2.05) is 0 Å². The number of nitrogens with one attached hydrogen (secondary N) is 1. The Morgan fingerprint density at radius 2 is 1.61 bits per heavy atom. The highest BCUT2D eigenvalue weighted by atomic mass is 16.1. The first-order chi connectivity index (χ1) is 8.19. The first-order valence-electron chi connectivity index (χ1n) is 6.52.